The number of hydrogen-bond donors (Lipinski definition) is 1. The molecule has 0 amide bonds. The minimum atomic E-state index is -0.129. The fraction of sp³-hybridized carbons (Fsp3) is 1.00. The molecule has 3 unspecified atom stereocenters. The number of piperazine rings is 1. The number of nitrogens with zero attached hydrogens (tertiary/aromatic N) is 2. The Bertz CT molecular complexity index is 247. The molecule has 2 aliphatic heterocycles. The van der Waals surface area contributed by atoms with E-state index in [0.29, 0.717) is 6.04 Å². The van der Waals surface area contributed by atoms with Gasteiger partial charge in [-0.2, -0.15) is 0 Å². The first-order valence-corrected chi connectivity index (χ1v) is 7.92. The molecule has 0 radical (unpaired) electrons. The first-order valence-electron chi connectivity index (χ1n) is 7.92. The van der Waals surface area contributed by atoms with E-state index in [9.17, 15) is 5.11 Å². The Balaban J connectivity index is 1.91. The molecule has 0 aromatic rings. The normalized spacial score (nSPS) is 29.8. The summed E-state index contributed by atoms with van der Waals surface area (Å²) in [6.07, 6.45) is 7.11. The Hall–Kier alpha value is -0.120. The molecule has 2 rings (SSSR count). The van der Waals surface area contributed by atoms with Gasteiger partial charge >= 0.3 is 0 Å². The van der Waals surface area contributed by atoms with Gasteiger partial charge in [-0.05, 0) is 32.2 Å². The summed E-state index contributed by atoms with van der Waals surface area (Å²) in [7, 11) is 0. The maximum atomic E-state index is 10.3. The summed E-state index contributed by atoms with van der Waals surface area (Å²) in [5.74, 6) is 0. The van der Waals surface area contributed by atoms with Crippen LogP contribution in [0.15, 0.2) is 0 Å². The van der Waals surface area contributed by atoms with Crippen molar-refractivity contribution in [3.63, 3.8) is 0 Å². The highest BCUT2D eigenvalue weighted by molar-refractivity contribution is 4.89. The van der Waals surface area contributed by atoms with Crippen LogP contribution in [0.5, 0.6) is 0 Å². The summed E-state index contributed by atoms with van der Waals surface area (Å²) >= 11 is 0. The van der Waals surface area contributed by atoms with E-state index < -0.39 is 0 Å². The minimum Gasteiger partial charge on any atom is -0.391 e. The number of hydrogen-bond acceptors (Lipinski definition) is 3. The summed E-state index contributed by atoms with van der Waals surface area (Å²) in [5.41, 5.74) is 0. The molecule has 2 fully saturated rings. The smallest absolute Gasteiger partial charge is 0.0695 e. The Kier molecular flexibility index (Phi) is 5.46. The Labute approximate surface area is 112 Å². The Morgan fingerprint density at radius 1 is 1.17 bits per heavy atom. The maximum absolute atomic E-state index is 10.3. The molecule has 0 bridgehead atoms. The van der Waals surface area contributed by atoms with Crippen LogP contribution in [0.1, 0.15) is 52.4 Å². The Morgan fingerprint density at radius 3 is 2.72 bits per heavy atom. The summed E-state index contributed by atoms with van der Waals surface area (Å²) in [6.45, 7) is 9.22. The van der Waals surface area contributed by atoms with Crippen LogP contribution in [-0.2, 0) is 0 Å². The molecule has 0 aromatic heterocycles. The van der Waals surface area contributed by atoms with Gasteiger partial charge in [0.25, 0.3) is 0 Å². The fourth-order valence-corrected chi connectivity index (χ4v) is 3.74. The second-order valence-electron chi connectivity index (χ2n) is 6.01. The summed E-state index contributed by atoms with van der Waals surface area (Å²) in [6, 6.07) is 1.14. The monoisotopic (exact) mass is 254 g/mol. The van der Waals surface area contributed by atoms with Crippen LogP contribution < -0.4 is 0 Å². The molecular formula is C15H30N2O. The molecule has 2 saturated heterocycles. The van der Waals surface area contributed by atoms with E-state index in [0.717, 1.165) is 31.8 Å². The topological polar surface area (TPSA) is 26.7 Å². The molecule has 106 valence electrons. The highest BCUT2D eigenvalue weighted by Crippen LogP contribution is 2.24. The van der Waals surface area contributed by atoms with Crippen molar-refractivity contribution in [1.29, 1.82) is 0 Å². The van der Waals surface area contributed by atoms with Crippen molar-refractivity contribution in [2.75, 3.05) is 26.2 Å². The number of rotatable bonds is 5. The van der Waals surface area contributed by atoms with Crippen LogP contribution in [0, 0.1) is 0 Å². The number of piperidine rings is 1. The quantitative estimate of drug-likeness (QED) is 0.814. The maximum Gasteiger partial charge on any atom is 0.0695 e. The number of fused-ring (bicyclic) bond motifs is 1. The van der Waals surface area contributed by atoms with E-state index in [-0.39, 0.29) is 6.10 Å². The zero-order valence-corrected chi connectivity index (χ0v) is 12.1. The third kappa shape index (κ3) is 3.25. The summed E-state index contributed by atoms with van der Waals surface area (Å²) in [4.78, 5) is 5.23. The second kappa shape index (κ2) is 6.88. The molecule has 0 saturated carbocycles. The van der Waals surface area contributed by atoms with Crippen LogP contribution in [-0.4, -0.2) is 59.3 Å². The molecular weight excluding hydrogens is 224 g/mol. The van der Waals surface area contributed by atoms with Crippen LogP contribution >= 0.6 is 0 Å². The van der Waals surface area contributed by atoms with E-state index in [1.807, 2.05) is 0 Å². The molecule has 18 heavy (non-hydrogen) atoms. The average Bonchev–Trinajstić information content (AvgIpc) is 2.40. The Morgan fingerprint density at radius 2 is 2.00 bits per heavy atom. The molecule has 0 aromatic carbocycles. The van der Waals surface area contributed by atoms with E-state index >= 15 is 0 Å². The lowest BCUT2D eigenvalue weighted by atomic mass is 9.95. The van der Waals surface area contributed by atoms with Crippen molar-refractivity contribution < 1.29 is 5.11 Å². The van der Waals surface area contributed by atoms with Gasteiger partial charge in [0, 0.05) is 31.7 Å². The predicted molar refractivity (Wildman–Crippen MR) is 75.8 cm³/mol. The van der Waals surface area contributed by atoms with Crippen molar-refractivity contribution >= 4 is 0 Å². The highest BCUT2D eigenvalue weighted by Gasteiger charge is 2.33. The molecule has 3 nitrogen and oxygen atoms in total. The van der Waals surface area contributed by atoms with Crippen molar-refractivity contribution in [3.05, 3.63) is 0 Å². The van der Waals surface area contributed by atoms with E-state index in [2.05, 4.69) is 23.6 Å². The molecule has 1 N–H and O–H groups in total. The van der Waals surface area contributed by atoms with Gasteiger partial charge in [0.1, 0.15) is 0 Å². The van der Waals surface area contributed by atoms with Gasteiger partial charge in [0.2, 0.25) is 0 Å². The summed E-state index contributed by atoms with van der Waals surface area (Å²) in [5, 5.41) is 10.3. The van der Waals surface area contributed by atoms with Gasteiger partial charge < -0.3 is 5.11 Å². The van der Waals surface area contributed by atoms with Crippen molar-refractivity contribution in [1.82, 2.24) is 9.80 Å². The molecule has 0 spiro atoms. The van der Waals surface area contributed by atoms with Gasteiger partial charge in [-0.3, -0.25) is 9.80 Å². The molecule has 0 aliphatic carbocycles. The van der Waals surface area contributed by atoms with Crippen LogP contribution in [0.2, 0.25) is 0 Å². The van der Waals surface area contributed by atoms with Gasteiger partial charge in [-0.25, -0.2) is 0 Å². The molecule has 3 atom stereocenters. The van der Waals surface area contributed by atoms with Gasteiger partial charge in [0.05, 0.1) is 6.10 Å². The average molecular weight is 254 g/mol. The van der Waals surface area contributed by atoms with Crippen LogP contribution in [0.25, 0.3) is 0 Å². The van der Waals surface area contributed by atoms with E-state index in [1.54, 1.807) is 0 Å². The second-order valence-corrected chi connectivity index (χ2v) is 6.01. The van der Waals surface area contributed by atoms with Gasteiger partial charge in [-0.15, -0.1) is 0 Å². The third-order valence-corrected chi connectivity index (χ3v) is 4.78. The van der Waals surface area contributed by atoms with E-state index in [1.165, 1.54) is 38.9 Å². The predicted octanol–water partition coefficient (Wildman–Crippen LogP) is 2.10. The third-order valence-electron chi connectivity index (χ3n) is 4.78. The highest BCUT2D eigenvalue weighted by atomic mass is 16.3. The lowest BCUT2D eigenvalue weighted by molar-refractivity contribution is -0.0183. The molecule has 2 heterocycles. The standard InChI is InChI=1S/C15H30N2O/c1-3-7-15(18)14(4-2)17-11-10-16-9-6-5-8-13(16)12-17/h13-15,18H,3-12H2,1-2H3. The summed E-state index contributed by atoms with van der Waals surface area (Å²) < 4.78 is 0. The van der Waals surface area contributed by atoms with Gasteiger partial charge in [0.15, 0.2) is 0 Å². The van der Waals surface area contributed by atoms with Gasteiger partial charge in [-0.1, -0.05) is 26.7 Å². The van der Waals surface area contributed by atoms with Crippen molar-refractivity contribution in [2.45, 2.75) is 70.6 Å². The van der Waals surface area contributed by atoms with Crippen LogP contribution in [0.4, 0.5) is 0 Å². The lowest BCUT2D eigenvalue weighted by Gasteiger charge is -2.47. The number of aliphatic hydroxyl groups excluding tert-OH is 1. The fourth-order valence-electron chi connectivity index (χ4n) is 3.74. The van der Waals surface area contributed by atoms with Crippen molar-refractivity contribution in [3.8, 4) is 0 Å². The van der Waals surface area contributed by atoms with E-state index in [4.69, 9.17) is 0 Å². The SMILES string of the molecule is CCCC(O)C(CC)N1CCN2CCCCC2C1. The first-order chi connectivity index (χ1) is 8.76. The van der Waals surface area contributed by atoms with Crippen molar-refractivity contribution in [2.24, 2.45) is 0 Å². The lowest BCUT2D eigenvalue weighted by Crippen LogP contribution is -2.59. The first kappa shape index (κ1) is 14.3. The largest absolute Gasteiger partial charge is 0.391 e. The molecule has 3 heteroatoms. The van der Waals surface area contributed by atoms with Crippen LogP contribution in [0.3, 0.4) is 0 Å². The molecule has 2 aliphatic rings. The zero-order chi connectivity index (χ0) is 13.0. The minimum absolute atomic E-state index is 0.129. The zero-order valence-electron chi connectivity index (χ0n) is 12.1. The number of aliphatic hydroxyl groups is 1.